The molecule has 0 radical (unpaired) electrons. The summed E-state index contributed by atoms with van der Waals surface area (Å²) in [6.07, 6.45) is -0.173. The van der Waals surface area contributed by atoms with Crippen molar-refractivity contribution in [3.63, 3.8) is 0 Å². The third kappa shape index (κ3) is 3.96. The van der Waals surface area contributed by atoms with Crippen LogP contribution in [0, 0.1) is 11.7 Å². The number of carboxylic acids is 1. The lowest BCUT2D eigenvalue weighted by molar-refractivity contribution is -0.143. The van der Waals surface area contributed by atoms with E-state index in [1.54, 1.807) is 6.07 Å². The fourth-order valence-corrected chi connectivity index (χ4v) is 1.53. The summed E-state index contributed by atoms with van der Waals surface area (Å²) in [6, 6.07) is 5.93. The highest BCUT2D eigenvalue weighted by Gasteiger charge is 2.22. The van der Waals surface area contributed by atoms with Crippen LogP contribution in [0.1, 0.15) is 12.0 Å². The summed E-state index contributed by atoms with van der Waals surface area (Å²) in [6.45, 7) is -0.193. The summed E-state index contributed by atoms with van der Waals surface area (Å²) in [5.74, 6) is -2.84. The fourth-order valence-electron chi connectivity index (χ4n) is 1.53. The van der Waals surface area contributed by atoms with Crippen LogP contribution in [-0.2, 0) is 16.0 Å². The monoisotopic (exact) mass is 239 g/mol. The second-order valence-corrected chi connectivity index (χ2v) is 3.78. The number of ketones is 1. The molecule has 0 aliphatic carbocycles. The zero-order valence-electron chi connectivity index (χ0n) is 9.23. The van der Waals surface area contributed by atoms with Crippen molar-refractivity contribution in [3.8, 4) is 0 Å². The molecule has 0 spiro atoms. The average Bonchev–Trinajstić information content (AvgIpc) is 2.30. The van der Waals surface area contributed by atoms with Crippen LogP contribution in [0.25, 0.3) is 0 Å². The second-order valence-electron chi connectivity index (χ2n) is 3.78. The highest BCUT2D eigenvalue weighted by Crippen LogP contribution is 2.16. The Balaban J connectivity index is 2.77. The maximum absolute atomic E-state index is 13.3. The van der Waals surface area contributed by atoms with Gasteiger partial charge in [0.05, 0.1) is 12.5 Å². The summed E-state index contributed by atoms with van der Waals surface area (Å²) in [5.41, 5.74) is 5.42. The van der Waals surface area contributed by atoms with Gasteiger partial charge in [-0.15, -0.1) is 0 Å². The molecule has 1 aromatic carbocycles. The molecule has 4 nitrogen and oxygen atoms in total. The summed E-state index contributed by atoms with van der Waals surface area (Å²) in [4.78, 5) is 22.1. The lowest BCUT2D eigenvalue weighted by Crippen LogP contribution is -2.24. The molecular weight excluding hydrogens is 225 g/mol. The number of halogens is 1. The van der Waals surface area contributed by atoms with E-state index in [-0.39, 0.29) is 25.2 Å². The molecule has 0 amide bonds. The molecule has 0 heterocycles. The fraction of sp³-hybridized carbons (Fsp3) is 0.333. The smallest absolute Gasteiger partial charge is 0.307 e. The van der Waals surface area contributed by atoms with E-state index in [1.165, 1.54) is 18.2 Å². The van der Waals surface area contributed by atoms with Gasteiger partial charge in [0.1, 0.15) is 11.6 Å². The molecule has 1 rings (SSSR count). The first-order chi connectivity index (χ1) is 8.04. The van der Waals surface area contributed by atoms with Crippen LogP contribution in [0.4, 0.5) is 4.39 Å². The van der Waals surface area contributed by atoms with Gasteiger partial charge < -0.3 is 10.8 Å². The molecule has 1 unspecified atom stereocenters. The molecular formula is C12H14FNO3. The van der Waals surface area contributed by atoms with Crippen molar-refractivity contribution in [2.24, 2.45) is 11.7 Å². The number of hydrogen-bond acceptors (Lipinski definition) is 3. The van der Waals surface area contributed by atoms with Crippen LogP contribution in [0.3, 0.4) is 0 Å². The van der Waals surface area contributed by atoms with E-state index in [4.69, 9.17) is 10.8 Å². The Morgan fingerprint density at radius 1 is 1.35 bits per heavy atom. The maximum Gasteiger partial charge on any atom is 0.307 e. The molecule has 92 valence electrons. The average molecular weight is 239 g/mol. The Bertz CT molecular complexity index is 420. The highest BCUT2D eigenvalue weighted by atomic mass is 19.1. The maximum atomic E-state index is 13.3. The third-order valence-corrected chi connectivity index (χ3v) is 2.48. The predicted molar refractivity (Wildman–Crippen MR) is 59.9 cm³/mol. The highest BCUT2D eigenvalue weighted by molar-refractivity contribution is 5.85. The van der Waals surface area contributed by atoms with Gasteiger partial charge in [-0.05, 0) is 18.1 Å². The van der Waals surface area contributed by atoms with E-state index in [1.807, 2.05) is 0 Å². The number of carboxylic acid groups (broad SMARTS) is 1. The minimum absolute atomic E-state index is 0.00620. The number of rotatable bonds is 6. The van der Waals surface area contributed by atoms with E-state index in [2.05, 4.69) is 0 Å². The normalized spacial score (nSPS) is 12.1. The van der Waals surface area contributed by atoms with Crippen LogP contribution in [0.2, 0.25) is 0 Å². The second kappa shape index (κ2) is 6.10. The van der Waals surface area contributed by atoms with Gasteiger partial charge in [-0.3, -0.25) is 9.59 Å². The first-order valence-corrected chi connectivity index (χ1v) is 5.22. The summed E-state index contributed by atoms with van der Waals surface area (Å²) in [7, 11) is 0. The molecule has 17 heavy (non-hydrogen) atoms. The summed E-state index contributed by atoms with van der Waals surface area (Å²) >= 11 is 0. The van der Waals surface area contributed by atoms with Crippen molar-refractivity contribution >= 4 is 11.8 Å². The molecule has 0 saturated carbocycles. The van der Waals surface area contributed by atoms with Crippen molar-refractivity contribution in [2.45, 2.75) is 12.8 Å². The Hall–Kier alpha value is -1.75. The molecule has 0 aliphatic rings. The van der Waals surface area contributed by atoms with E-state index in [0.717, 1.165) is 0 Å². The van der Waals surface area contributed by atoms with Gasteiger partial charge in [0.15, 0.2) is 0 Å². The van der Waals surface area contributed by atoms with E-state index >= 15 is 0 Å². The number of Topliss-reactive ketones (excluding diaryl/α,β-unsaturated/α-hetero) is 1. The van der Waals surface area contributed by atoms with Crippen LogP contribution < -0.4 is 5.73 Å². The molecule has 1 atom stereocenters. The Morgan fingerprint density at radius 2 is 2.00 bits per heavy atom. The zero-order chi connectivity index (χ0) is 12.8. The lowest BCUT2D eigenvalue weighted by Gasteiger charge is -2.11. The number of aliphatic carboxylic acids is 1. The topological polar surface area (TPSA) is 80.4 Å². The Morgan fingerprint density at radius 3 is 2.53 bits per heavy atom. The van der Waals surface area contributed by atoms with Gasteiger partial charge in [0, 0.05) is 6.42 Å². The molecule has 0 bridgehead atoms. The lowest BCUT2D eigenvalue weighted by atomic mass is 9.94. The number of benzene rings is 1. The van der Waals surface area contributed by atoms with Gasteiger partial charge >= 0.3 is 5.97 Å². The minimum atomic E-state index is -1.12. The third-order valence-electron chi connectivity index (χ3n) is 2.48. The number of nitrogens with two attached hydrogens (primary N) is 1. The molecule has 0 aliphatic heterocycles. The van der Waals surface area contributed by atoms with Crippen LogP contribution >= 0.6 is 0 Å². The molecule has 0 fully saturated rings. The van der Waals surface area contributed by atoms with Gasteiger partial charge in [-0.1, -0.05) is 18.2 Å². The zero-order valence-corrected chi connectivity index (χ0v) is 9.23. The Labute approximate surface area is 98.2 Å². The standard InChI is InChI=1S/C12H14FNO3/c13-11-4-2-1-3-8(11)5-9(12(16)17)6-10(15)7-14/h1-4,9H,5-7,14H2,(H,16,17). The molecule has 0 aromatic heterocycles. The van der Waals surface area contributed by atoms with Gasteiger partial charge in [-0.2, -0.15) is 0 Å². The largest absolute Gasteiger partial charge is 0.481 e. The molecule has 5 heteroatoms. The van der Waals surface area contributed by atoms with Crippen LogP contribution in [0.15, 0.2) is 24.3 Å². The number of carbonyl (C=O) groups excluding carboxylic acids is 1. The van der Waals surface area contributed by atoms with Crippen molar-refractivity contribution < 1.29 is 19.1 Å². The van der Waals surface area contributed by atoms with Gasteiger partial charge in [0.2, 0.25) is 0 Å². The quantitative estimate of drug-likeness (QED) is 0.775. The molecule has 1 aromatic rings. The van der Waals surface area contributed by atoms with E-state index < -0.39 is 17.7 Å². The SMILES string of the molecule is NCC(=O)CC(Cc1ccccc1F)C(=O)O. The predicted octanol–water partition coefficient (Wildman–Crippen LogP) is 0.987. The number of carbonyl (C=O) groups is 2. The van der Waals surface area contributed by atoms with Crippen molar-refractivity contribution in [1.82, 2.24) is 0 Å². The Kier molecular flexibility index (Phi) is 4.78. The minimum Gasteiger partial charge on any atom is -0.481 e. The van der Waals surface area contributed by atoms with E-state index in [0.29, 0.717) is 5.56 Å². The first kappa shape index (κ1) is 13.3. The summed E-state index contributed by atoms with van der Waals surface area (Å²) in [5, 5.41) is 8.95. The van der Waals surface area contributed by atoms with Gasteiger partial charge in [-0.25, -0.2) is 4.39 Å². The van der Waals surface area contributed by atoms with Crippen molar-refractivity contribution in [2.75, 3.05) is 6.54 Å². The first-order valence-electron chi connectivity index (χ1n) is 5.22. The molecule has 0 saturated heterocycles. The van der Waals surface area contributed by atoms with Crippen molar-refractivity contribution in [3.05, 3.63) is 35.6 Å². The van der Waals surface area contributed by atoms with Crippen molar-refractivity contribution in [1.29, 1.82) is 0 Å². The summed E-state index contributed by atoms with van der Waals surface area (Å²) < 4.78 is 13.3. The van der Waals surface area contributed by atoms with Gasteiger partial charge in [0.25, 0.3) is 0 Å². The number of hydrogen-bond donors (Lipinski definition) is 2. The van der Waals surface area contributed by atoms with E-state index in [9.17, 15) is 14.0 Å². The molecule has 3 N–H and O–H groups in total. The van der Waals surface area contributed by atoms with Crippen LogP contribution in [0.5, 0.6) is 0 Å². The van der Waals surface area contributed by atoms with Crippen LogP contribution in [-0.4, -0.2) is 23.4 Å².